The number of hydrogen-bond donors (Lipinski definition) is 0. The van der Waals surface area contributed by atoms with E-state index in [1.807, 2.05) is 21.1 Å². The van der Waals surface area contributed by atoms with E-state index < -0.39 is 13.8 Å². The quantitative estimate of drug-likeness (QED) is 0.184. The van der Waals surface area contributed by atoms with Crippen LogP contribution in [0.2, 0.25) is 0 Å². The maximum Gasteiger partial charge on any atom is 0.330 e. The van der Waals surface area contributed by atoms with E-state index >= 15 is 0 Å². The Bertz CT molecular complexity index is 352. The molecular formula is C12H24NO6P. The maximum atomic E-state index is 11.4. The molecule has 0 radical (unpaired) electrons. The first-order valence-electron chi connectivity index (χ1n) is 6.36. The SMILES string of the molecule is C=CC(=O)OCCCOP(=O)([O-])OCCC[N+](C)(C)C. The van der Waals surface area contributed by atoms with Crippen LogP contribution in [0.25, 0.3) is 0 Å². The third-order valence-electron chi connectivity index (χ3n) is 2.17. The Balaban J connectivity index is 3.66. The number of phosphoric acid groups is 1. The fraction of sp³-hybridized carbons (Fsp3) is 0.750. The van der Waals surface area contributed by atoms with E-state index in [9.17, 15) is 14.3 Å². The van der Waals surface area contributed by atoms with Crippen molar-refractivity contribution >= 4 is 13.8 Å². The van der Waals surface area contributed by atoms with E-state index in [4.69, 9.17) is 4.52 Å². The highest BCUT2D eigenvalue weighted by molar-refractivity contribution is 7.45. The lowest BCUT2D eigenvalue weighted by Gasteiger charge is -2.26. The van der Waals surface area contributed by atoms with Crippen molar-refractivity contribution in [3.8, 4) is 0 Å². The van der Waals surface area contributed by atoms with Crippen LogP contribution in [0, 0.1) is 0 Å². The fourth-order valence-corrected chi connectivity index (χ4v) is 2.00. The third-order valence-corrected chi connectivity index (χ3v) is 3.17. The molecule has 0 amide bonds. The Morgan fingerprint density at radius 3 is 2.25 bits per heavy atom. The molecule has 20 heavy (non-hydrogen) atoms. The molecule has 0 fully saturated rings. The topological polar surface area (TPSA) is 84.9 Å². The average molecular weight is 309 g/mol. The summed E-state index contributed by atoms with van der Waals surface area (Å²) in [5, 5.41) is 0. The summed E-state index contributed by atoms with van der Waals surface area (Å²) in [5.41, 5.74) is 0. The second kappa shape index (κ2) is 9.26. The van der Waals surface area contributed by atoms with Gasteiger partial charge in [-0.2, -0.15) is 0 Å². The molecule has 0 aliphatic heterocycles. The van der Waals surface area contributed by atoms with Gasteiger partial charge in [0, 0.05) is 18.9 Å². The molecule has 8 heteroatoms. The smallest absolute Gasteiger partial charge is 0.330 e. The van der Waals surface area contributed by atoms with E-state index in [1.165, 1.54) is 0 Å². The van der Waals surface area contributed by atoms with Crippen molar-refractivity contribution in [2.75, 3.05) is 47.5 Å². The second-order valence-electron chi connectivity index (χ2n) is 5.21. The Morgan fingerprint density at radius 1 is 1.20 bits per heavy atom. The summed E-state index contributed by atoms with van der Waals surface area (Å²) in [4.78, 5) is 22.1. The molecular weight excluding hydrogens is 285 g/mol. The highest BCUT2D eigenvalue weighted by Gasteiger charge is 2.11. The number of ether oxygens (including phenoxy) is 1. The molecule has 0 aliphatic carbocycles. The normalized spacial score (nSPS) is 14.6. The monoisotopic (exact) mass is 309 g/mol. The summed E-state index contributed by atoms with van der Waals surface area (Å²) in [6.45, 7) is 4.13. The molecule has 0 rings (SSSR count). The van der Waals surface area contributed by atoms with Crippen molar-refractivity contribution in [3.63, 3.8) is 0 Å². The van der Waals surface area contributed by atoms with Crippen LogP contribution < -0.4 is 4.89 Å². The Labute approximate surface area is 120 Å². The van der Waals surface area contributed by atoms with Crippen molar-refractivity contribution in [3.05, 3.63) is 12.7 Å². The van der Waals surface area contributed by atoms with Gasteiger partial charge in [0.05, 0.1) is 47.5 Å². The fourth-order valence-electron chi connectivity index (χ4n) is 1.22. The van der Waals surface area contributed by atoms with Crippen molar-refractivity contribution in [1.29, 1.82) is 0 Å². The molecule has 118 valence electrons. The van der Waals surface area contributed by atoms with Gasteiger partial charge in [0.15, 0.2) is 0 Å². The van der Waals surface area contributed by atoms with Crippen LogP contribution in [-0.4, -0.2) is 58.0 Å². The molecule has 1 atom stereocenters. The molecule has 0 aliphatic rings. The Hall–Kier alpha value is -0.720. The van der Waals surface area contributed by atoms with Gasteiger partial charge >= 0.3 is 5.97 Å². The minimum absolute atomic E-state index is 0.0758. The summed E-state index contributed by atoms with van der Waals surface area (Å²) in [6, 6.07) is 0. The van der Waals surface area contributed by atoms with Gasteiger partial charge in [-0.05, 0) is 0 Å². The highest BCUT2D eigenvalue weighted by Crippen LogP contribution is 2.38. The Kier molecular flexibility index (Phi) is 8.93. The van der Waals surface area contributed by atoms with Gasteiger partial charge in [0.1, 0.15) is 0 Å². The molecule has 7 nitrogen and oxygen atoms in total. The minimum Gasteiger partial charge on any atom is -0.756 e. The molecule has 1 unspecified atom stereocenters. The number of rotatable bonds is 11. The van der Waals surface area contributed by atoms with E-state index in [0.717, 1.165) is 17.1 Å². The van der Waals surface area contributed by atoms with Crippen LogP contribution in [-0.2, 0) is 23.1 Å². The van der Waals surface area contributed by atoms with Gasteiger partial charge in [0.25, 0.3) is 7.82 Å². The van der Waals surface area contributed by atoms with Gasteiger partial charge in [-0.3, -0.25) is 4.57 Å². The van der Waals surface area contributed by atoms with Crippen LogP contribution >= 0.6 is 7.82 Å². The zero-order valence-corrected chi connectivity index (χ0v) is 13.3. The molecule has 0 bridgehead atoms. The number of esters is 1. The molecule has 0 saturated carbocycles. The third kappa shape index (κ3) is 12.3. The number of nitrogens with zero attached hydrogens (tertiary/aromatic N) is 1. The summed E-state index contributed by atoms with van der Waals surface area (Å²) in [7, 11) is 1.77. The lowest BCUT2D eigenvalue weighted by atomic mass is 10.4. The first kappa shape index (κ1) is 19.3. The predicted octanol–water partition coefficient (Wildman–Crippen LogP) is 0.704. The number of phosphoric ester groups is 1. The standard InChI is InChI=1S/C12H24NO6P/c1-5-12(14)17-9-7-11-19-20(15,16)18-10-6-8-13(2,3)4/h5H,1,6-11H2,2-4H3. The van der Waals surface area contributed by atoms with E-state index in [1.54, 1.807) is 0 Å². The lowest BCUT2D eigenvalue weighted by molar-refractivity contribution is -0.870. The van der Waals surface area contributed by atoms with E-state index in [0.29, 0.717) is 6.42 Å². The molecule has 0 aromatic carbocycles. The van der Waals surface area contributed by atoms with Crippen LogP contribution in [0.15, 0.2) is 12.7 Å². The van der Waals surface area contributed by atoms with Gasteiger partial charge in [0.2, 0.25) is 0 Å². The molecule has 0 aromatic heterocycles. The summed E-state index contributed by atoms with van der Waals surface area (Å²) >= 11 is 0. The predicted molar refractivity (Wildman–Crippen MR) is 72.8 cm³/mol. The van der Waals surface area contributed by atoms with Gasteiger partial charge in [-0.15, -0.1) is 0 Å². The second-order valence-corrected chi connectivity index (χ2v) is 6.62. The molecule has 0 spiro atoms. The lowest BCUT2D eigenvalue weighted by Crippen LogP contribution is -2.35. The summed E-state index contributed by atoms with van der Waals surface area (Å²) < 4.78 is 26.1. The van der Waals surface area contributed by atoms with Crippen molar-refractivity contribution in [1.82, 2.24) is 0 Å². The molecule has 0 aromatic rings. The van der Waals surface area contributed by atoms with Gasteiger partial charge in [-0.25, -0.2) is 4.79 Å². The van der Waals surface area contributed by atoms with E-state index in [-0.39, 0.29) is 26.2 Å². The first-order valence-corrected chi connectivity index (χ1v) is 7.82. The molecule has 0 saturated heterocycles. The van der Waals surface area contributed by atoms with Crippen molar-refractivity contribution in [2.24, 2.45) is 0 Å². The number of hydrogen-bond acceptors (Lipinski definition) is 6. The first-order chi connectivity index (χ1) is 9.16. The zero-order chi connectivity index (χ0) is 15.6. The van der Waals surface area contributed by atoms with Crippen molar-refractivity contribution in [2.45, 2.75) is 12.8 Å². The zero-order valence-electron chi connectivity index (χ0n) is 12.4. The van der Waals surface area contributed by atoms with Gasteiger partial charge in [-0.1, -0.05) is 6.58 Å². The van der Waals surface area contributed by atoms with Crippen LogP contribution in [0.1, 0.15) is 12.8 Å². The number of carbonyl (C=O) groups excluding carboxylic acids is 1. The minimum atomic E-state index is -4.26. The van der Waals surface area contributed by atoms with Crippen LogP contribution in [0.4, 0.5) is 0 Å². The average Bonchev–Trinajstić information content (AvgIpc) is 2.33. The van der Waals surface area contributed by atoms with E-state index in [2.05, 4.69) is 15.8 Å². The van der Waals surface area contributed by atoms with Gasteiger partial charge < -0.3 is 23.2 Å². The molecule has 0 N–H and O–H groups in total. The number of quaternary nitrogens is 1. The highest BCUT2D eigenvalue weighted by atomic mass is 31.2. The number of carbonyl (C=O) groups is 1. The largest absolute Gasteiger partial charge is 0.756 e. The summed E-state index contributed by atoms with van der Waals surface area (Å²) in [6.07, 6.45) is 1.93. The van der Waals surface area contributed by atoms with Crippen molar-refractivity contribution < 1.29 is 32.5 Å². The summed E-state index contributed by atoms with van der Waals surface area (Å²) in [5.74, 6) is -0.549. The van der Waals surface area contributed by atoms with Crippen LogP contribution in [0.3, 0.4) is 0 Å². The maximum absolute atomic E-state index is 11.4. The molecule has 0 heterocycles. The van der Waals surface area contributed by atoms with Crippen LogP contribution in [0.5, 0.6) is 0 Å². The Morgan fingerprint density at radius 2 is 1.75 bits per heavy atom.